The first-order valence-corrected chi connectivity index (χ1v) is 6.10. The minimum Gasteiger partial charge on any atom is -0.396 e. The van der Waals surface area contributed by atoms with E-state index in [1.165, 1.54) is 5.56 Å². The molecule has 1 rings (SSSR count). The molecule has 1 aromatic carbocycles. The van der Waals surface area contributed by atoms with Crippen LogP contribution in [-0.4, -0.2) is 18.3 Å². The van der Waals surface area contributed by atoms with E-state index >= 15 is 0 Å². The molecule has 0 aromatic heterocycles. The van der Waals surface area contributed by atoms with Gasteiger partial charge in [0.2, 0.25) is 0 Å². The SMILES string of the molecule is CCC(CCO)CNCc1ccc(C#N)cc1. The van der Waals surface area contributed by atoms with Crippen LogP contribution >= 0.6 is 0 Å². The van der Waals surface area contributed by atoms with Gasteiger partial charge in [0.15, 0.2) is 0 Å². The molecule has 0 spiro atoms. The molecular weight excluding hydrogens is 212 g/mol. The minimum absolute atomic E-state index is 0.261. The first-order chi connectivity index (χ1) is 8.30. The fraction of sp³-hybridized carbons (Fsp3) is 0.500. The van der Waals surface area contributed by atoms with E-state index in [0.717, 1.165) is 25.9 Å². The number of aliphatic hydroxyl groups is 1. The van der Waals surface area contributed by atoms with E-state index in [9.17, 15) is 0 Å². The van der Waals surface area contributed by atoms with Crippen LogP contribution in [0.5, 0.6) is 0 Å². The van der Waals surface area contributed by atoms with Crippen LogP contribution in [0.3, 0.4) is 0 Å². The summed E-state index contributed by atoms with van der Waals surface area (Å²) in [7, 11) is 0. The second-order valence-corrected chi connectivity index (χ2v) is 4.23. The van der Waals surface area contributed by atoms with E-state index < -0.39 is 0 Å². The molecule has 1 aromatic rings. The molecule has 0 saturated carbocycles. The molecule has 92 valence electrons. The van der Waals surface area contributed by atoms with Gasteiger partial charge in [0.05, 0.1) is 11.6 Å². The van der Waals surface area contributed by atoms with Crippen molar-refractivity contribution in [3.8, 4) is 6.07 Å². The van der Waals surface area contributed by atoms with Crippen LogP contribution in [0, 0.1) is 17.2 Å². The molecule has 0 saturated heterocycles. The lowest BCUT2D eigenvalue weighted by molar-refractivity contribution is 0.251. The van der Waals surface area contributed by atoms with Gasteiger partial charge in [-0.2, -0.15) is 5.26 Å². The number of nitrogens with one attached hydrogen (secondary N) is 1. The molecule has 0 heterocycles. The Kier molecular flexibility index (Phi) is 6.31. The van der Waals surface area contributed by atoms with Crippen molar-refractivity contribution in [1.82, 2.24) is 5.32 Å². The zero-order valence-corrected chi connectivity index (χ0v) is 10.3. The van der Waals surface area contributed by atoms with E-state index in [4.69, 9.17) is 10.4 Å². The van der Waals surface area contributed by atoms with Crippen LogP contribution in [0.15, 0.2) is 24.3 Å². The Morgan fingerprint density at radius 2 is 2.06 bits per heavy atom. The first kappa shape index (κ1) is 13.7. The van der Waals surface area contributed by atoms with Crippen molar-refractivity contribution in [3.63, 3.8) is 0 Å². The normalized spacial score (nSPS) is 12.1. The van der Waals surface area contributed by atoms with Gasteiger partial charge in [-0.25, -0.2) is 0 Å². The maximum Gasteiger partial charge on any atom is 0.0991 e. The van der Waals surface area contributed by atoms with Gasteiger partial charge in [-0.1, -0.05) is 25.5 Å². The van der Waals surface area contributed by atoms with E-state index in [1.807, 2.05) is 24.3 Å². The number of hydrogen-bond acceptors (Lipinski definition) is 3. The number of rotatable bonds is 7. The molecule has 0 fully saturated rings. The van der Waals surface area contributed by atoms with Crippen molar-refractivity contribution in [3.05, 3.63) is 35.4 Å². The average molecular weight is 232 g/mol. The van der Waals surface area contributed by atoms with Crippen molar-refractivity contribution in [2.75, 3.05) is 13.2 Å². The highest BCUT2D eigenvalue weighted by Crippen LogP contribution is 2.07. The molecule has 3 heteroatoms. The first-order valence-electron chi connectivity index (χ1n) is 6.10. The van der Waals surface area contributed by atoms with Crippen LogP contribution < -0.4 is 5.32 Å². The van der Waals surface area contributed by atoms with Gasteiger partial charge in [-0.3, -0.25) is 0 Å². The molecular formula is C14H20N2O. The highest BCUT2D eigenvalue weighted by atomic mass is 16.3. The number of hydrogen-bond donors (Lipinski definition) is 2. The molecule has 17 heavy (non-hydrogen) atoms. The summed E-state index contributed by atoms with van der Waals surface area (Å²) in [6.45, 7) is 4.14. The van der Waals surface area contributed by atoms with Gasteiger partial charge in [-0.15, -0.1) is 0 Å². The Hall–Kier alpha value is -1.37. The standard InChI is InChI=1S/C14H20N2O/c1-2-12(7-8-17)10-16-11-14-5-3-13(9-15)4-6-14/h3-6,12,16-17H,2,7-8,10-11H2,1H3. The fourth-order valence-corrected chi connectivity index (χ4v) is 1.75. The summed E-state index contributed by atoms with van der Waals surface area (Å²) in [5.74, 6) is 0.540. The topological polar surface area (TPSA) is 56.0 Å². The molecule has 0 aliphatic rings. The third-order valence-corrected chi connectivity index (χ3v) is 2.96. The molecule has 0 amide bonds. The Morgan fingerprint density at radius 3 is 2.59 bits per heavy atom. The van der Waals surface area contributed by atoms with E-state index in [-0.39, 0.29) is 6.61 Å². The third-order valence-electron chi connectivity index (χ3n) is 2.96. The molecule has 0 radical (unpaired) electrons. The second-order valence-electron chi connectivity index (χ2n) is 4.23. The summed E-state index contributed by atoms with van der Waals surface area (Å²) in [6.07, 6.45) is 1.94. The van der Waals surface area contributed by atoms with Gasteiger partial charge in [0.25, 0.3) is 0 Å². The van der Waals surface area contributed by atoms with Crippen molar-refractivity contribution < 1.29 is 5.11 Å². The summed E-state index contributed by atoms with van der Waals surface area (Å²) in [4.78, 5) is 0. The predicted molar refractivity (Wildman–Crippen MR) is 68.3 cm³/mol. The highest BCUT2D eigenvalue weighted by molar-refractivity contribution is 5.31. The molecule has 0 aliphatic heterocycles. The Morgan fingerprint density at radius 1 is 1.35 bits per heavy atom. The lowest BCUT2D eigenvalue weighted by Gasteiger charge is -2.14. The summed E-state index contributed by atoms with van der Waals surface area (Å²) in [5.41, 5.74) is 1.88. The van der Waals surface area contributed by atoms with Crippen LogP contribution in [0.1, 0.15) is 30.9 Å². The average Bonchev–Trinajstić information content (AvgIpc) is 2.38. The molecule has 0 aliphatic carbocycles. The largest absolute Gasteiger partial charge is 0.396 e. The van der Waals surface area contributed by atoms with Gasteiger partial charge < -0.3 is 10.4 Å². The Balaban J connectivity index is 2.32. The maximum atomic E-state index is 8.88. The summed E-state index contributed by atoms with van der Waals surface area (Å²) >= 11 is 0. The third kappa shape index (κ3) is 4.99. The van der Waals surface area contributed by atoms with Gasteiger partial charge in [0.1, 0.15) is 0 Å². The number of nitrogens with zero attached hydrogens (tertiary/aromatic N) is 1. The molecule has 1 unspecified atom stereocenters. The maximum absolute atomic E-state index is 8.88. The lowest BCUT2D eigenvalue weighted by Crippen LogP contribution is -2.22. The van der Waals surface area contributed by atoms with Crippen molar-refractivity contribution in [2.24, 2.45) is 5.92 Å². The Labute approximate surface area is 103 Å². The van der Waals surface area contributed by atoms with Crippen molar-refractivity contribution in [1.29, 1.82) is 5.26 Å². The molecule has 1 atom stereocenters. The van der Waals surface area contributed by atoms with Crippen LogP contribution in [0.4, 0.5) is 0 Å². The second kappa shape index (κ2) is 7.83. The number of nitriles is 1. The summed E-state index contributed by atoms with van der Waals surface area (Å²) < 4.78 is 0. The number of benzene rings is 1. The summed E-state index contributed by atoms with van der Waals surface area (Å²) in [5, 5.41) is 20.9. The van der Waals surface area contributed by atoms with Crippen LogP contribution in [0.2, 0.25) is 0 Å². The van der Waals surface area contributed by atoms with E-state index in [1.54, 1.807) is 0 Å². The Bertz CT molecular complexity index is 353. The van der Waals surface area contributed by atoms with E-state index in [2.05, 4.69) is 18.3 Å². The van der Waals surface area contributed by atoms with Crippen molar-refractivity contribution in [2.45, 2.75) is 26.3 Å². The van der Waals surface area contributed by atoms with Crippen LogP contribution in [-0.2, 0) is 6.54 Å². The molecule has 3 nitrogen and oxygen atoms in total. The lowest BCUT2D eigenvalue weighted by atomic mass is 10.0. The fourth-order valence-electron chi connectivity index (χ4n) is 1.75. The highest BCUT2D eigenvalue weighted by Gasteiger charge is 2.04. The molecule has 2 N–H and O–H groups in total. The van der Waals surface area contributed by atoms with Gasteiger partial charge >= 0.3 is 0 Å². The predicted octanol–water partition coefficient (Wildman–Crippen LogP) is 2.06. The zero-order chi connectivity index (χ0) is 12.5. The summed E-state index contributed by atoms with van der Waals surface area (Å²) in [6, 6.07) is 9.72. The number of aliphatic hydroxyl groups excluding tert-OH is 1. The van der Waals surface area contributed by atoms with Gasteiger partial charge in [0, 0.05) is 13.2 Å². The van der Waals surface area contributed by atoms with Crippen LogP contribution in [0.25, 0.3) is 0 Å². The smallest absolute Gasteiger partial charge is 0.0991 e. The van der Waals surface area contributed by atoms with E-state index in [0.29, 0.717) is 11.5 Å². The zero-order valence-electron chi connectivity index (χ0n) is 10.3. The minimum atomic E-state index is 0.261. The van der Waals surface area contributed by atoms with Gasteiger partial charge in [-0.05, 0) is 36.6 Å². The molecule has 0 bridgehead atoms. The quantitative estimate of drug-likeness (QED) is 0.756. The monoisotopic (exact) mass is 232 g/mol. The van der Waals surface area contributed by atoms with Crippen molar-refractivity contribution >= 4 is 0 Å².